The lowest BCUT2D eigenvalue weighted by Gasteiger charge is -2.15. The third kappa shape index (κ3) is 1.40. The predicted octanol–water partition coefficient (Wildman–Crippen LogP) is 1.68. The van der Waals surface area contributed by atoms with Gasteiger partial charge in [-0.15, -0.1) is 5.06 Å². The third-order valence-corrected chi connectivity index (χ3v) is 1.99. The number of amides is 1. The van der Waals surface area contributed by atoms with Crippen molar-refractivity contribution in [2.75, 3.05) is 5.06 Å². The Morgan fingerprint density at radius 2 is 2.00 bits per heavy atom. The molecular formula is C11H9NO3. The Kier molecular flexibility index (Phi) is 2.04. The zero-order valence-electron chi connectivity index (χ0n) is 8.19. The molecule has 0 aliphatic carbocycles. The van der Waals surface area contributed by atoms with Crippen LogP contribution in [0.15, 0.2) is 36.6 Å². The van der Waals surface area contributed by atoms with Crippen LogP contribution in [0, 0.1) is 0 Å². The third-order valence-electron chi connectivity index (χ3n) is 1.99. The minimum atomic E-state index is -0.681. The number of fused-ring (bicyclic) bond motifs is 1. The molecule has 76 valence electrons. The monoisotopic (exact) mass is 203 g/mol. The van der Waals surface area contributed by atoms with Crippen LogP contribution >= 0.6 is 0 Å². The van der Waals surface area contributed by atoms with Crippen LogP contribution in [0.4, 0.5) is 5.69 Å². The zero-order valence-corrected chi connectivity index (χ0v) is 8.19. The number of benzene rings is 1. The van der Waals surface area contributed by atoms with Gasteiger partial charge < -0.3 is 4.84 Å². The number of rotatable bonds is 2. The summed E-state index contributed by atoms with van der Waals surface area (Å²) in [6.45, 7) is 5.13. The second kappa shape index (κ2) is 3.24. The Bertz CT molecular complexity index is 465. The number of Topliss-reactive ketones (excluding diaryl/α,β-unsaturated/α-hetero) is 1. The molecule has 1 aliphatic rings. The minimum absolute atomic E-state index is 0.354. The summed E-state index contributed by atoms with van der Waals surface area (Å²) in [6, 6.07) is 6.69. The highest BCUT2D eigenvalue weighted by atomic mass is 16.7. The van der Waals surface area contributed by atoms with Gasteiger partial charge in [-0.25, -0.2) is 0 Å². The van der Waals surface area contributed by atoms with Gasteiger partial charge in [-0.3, -0.25) is 9.59 Å². The van der Waals surface area contributed by atoms with Crippen LogP contribution in [0.5, 0.6) is 0 Å². The first kappa shape index (κ1) is 9.45. The normalized spacial score (nSPS) is 14.1. The van der Waals surface area contributed by atoms with Crippen LogP contribution in [0.2, 0.25) is 0 Å². The first-order chi connectivity index (χ1) is 7.11. The van der Waals surface area contributed by atoms with E-state index in [0.717, 1.165) is 5.06 Å². The maximum absolute atomic E-state index is 11.5. The van der Waals surface area contributed by atoms with E-state index in [0.29, 0.717) is 17.0 Å². The minimum Gasteiger partial charge on any atom is -0.377 e. The Morgan fingerprint density at radius 1 is 1.33 bits per heavy atom. The highest BCUT2D eigenvalue weighted by Crippen LogP contribution is 2.29. The topological polar surface area (TPSA) is 46.6 Å². The smallest absolute Gasteiger partial charge is 0.332 e. The number of anilines is 1. The van der Waals surface area contributed by atoms with Gasteiger partial charge in [0.25, 0.3) is 5.78 Å². The fraction of sp³-hybridized carbons (Fsp3) is 0.0909. The van der Waals surface area contributed by atoms with Crippen LogP contribution in [0.1, 0.15) is 17.3 Å². The summed E-state index contributed by atoms with van der Waals surface area (Å²) in [6.07, 6.45) is 0. The number of para-hydroxylation sites is 1. The van der Waals surface area contributed by atoms with Gasteiger partial charge in [0.1, 0.15) is 5.76 Å². The van der Waals surface area contributed by atoms with Crippen LogP contribution in [0.25, 0.3) is 0 Å². The van der Waals surface area contributed by atoms with Crippen molar-refractivity contribution in [2.24, 2.45) is 0 Å². The molecule has 0 spiro atoms. The lowest BCUT2D eigenvalue weighted by Crippen LogP contribution is -2.29. The molecule has 0 unspecified atom stereocenters. The molecule has 1 aromatic rings. The van der Waals surface area contributed by atoms with E-state index in [4.69, 9.17) is 4.84 Å². The van der Waals surface area contributed by atoms with Crippen molar-refractivity contribution >= 4 is 17.4 Å². The van der Waals surface area contributed by atoms with Crippen molar-refractivity contribution in [3.63, 3.8) is 0 Å². The predicted molar refractivity (Wildman–Crippen MR) is 54.2 cm³/mol. The number of hydrogen-bond donors (Lipinski definition) is 0. The number of hydrogen-bond acceptors (Lipinski definition) is 3. The van der Waals surface area contributed by atoms with E-state index in [1.54, 1.807) is 31.2 Å². The Balaban J connectivity index is 2.47. The molecule has 1 heterocycles. The van der Waals surface area contributed by atoms with Gasteiger partial charge in [0.05, 0.1) is 11.3 Å². The molecule has 0 bridgehead atoms. The van der Waals surface area contributed by atoms with Crippen molar-refractivity contribution < 1.29 is 14.4 Å². The molecule has 0 saturated carbocycles. The van der Waals surface area contributed by atoms with E-state index in [1.165, 1.54) is 0 Å². The molecule has 0 aromatic heterocycles. The van der Waals surface area contributed by atoms with E-state index in [2.05, 4.69) is 6.58 Å². The number of nitrogens with zero attached hydrogens (tertiary/aromatic N) is 1. The lowest BCUT2D eigenvalue weighted by molar-refractivity contribution is -0.119. The maximum atomic E-state index is 11.5. The van der Waals surface area contributed by atoms with Gasteiger partial charge in [0.15, 0.2) is 0 Å². The molecule has 4 nitrogen and oxygen atoms in total. The summed E-state index contributed by atoms with van der Waals surface area (Å²) in [5, 5.41) is 0.972. The fourth-order valence-electron chi connectivity index (χ4n) is 1.41. The number of carbonyl (C=O) groups is 2. The number of ketones is 1. The summed E-state index contributed by atoms with van der Waals surface area (Å²) in [5.41, 5.74) is 0.833. The van der Waals surface area contributed by atoms with Crippen LogP contribution in [-0.4, -0.2) is 11.7 Å². The van der Waals surface area contributed by atoms with Gasteiger partial charge in [-0.2, -0.15) is 0 Å². The molecule has 0 N–H and O–H groups in total. The Labute approximate surface area is 86.7 Å². The molecular weight excluding hydrogens is 194 g/mol. The van der Waals surface area contributed by atoms with E-state index in [9.17, 15) is 9.59 Å². The van der Waals surface area contributed by atoms with E-state index in [1.807, 2.05) is 0 Å². The second-order valence-electron chi connectivity index (χ2n) is 3.24. The Morgan fingerprint density at radius 3 is 2.67 bits per heavy atom. The van der Waals surface area contributed by atoms with Crippen LogP contribution in [-0.2, 0) is 9.63 Å². The maximum Gasteiger partial charge on any atom is 0.332 e. The summed E-state index contributed by atoms with van der Waals surface area (Å²) in [4.78, 5) is 28.1. The fourth-order valence-corrected chi connectivity index (χ4v) is 1.41. The molecule has 0 saturated heterocycles. The number of carbonyl (C=O) groups excluding carboxylic acids is 2. The molecule has 0 radical (unpaired) electrons. The summed E-state index contributed by atoms with van der Waals surface area (Å²) in [5.74, 6) is -0.876. The standard InChI is InChI=1S/C11H9NO3/c1-7(2)15-12-9-6-4-3-5-8(9)10(13)11(12)14/h3-6H,1H2,2H3. The molecule has 0 atom stereocenters. The van der Waals surface area contributed by atoms with Gasteiger partial charge in [0.2, 0.25) is 0 Å². The highest BCUT2D eigenvalue weighted by molar-refractivity contribution is 6.51. The number of hydroxylamine groups is 1. The average Bonchev–Trinajstić information content (AvgIpc) is 2.44. The van der Waals surface area contributed by atoms with Crippen LogP contribution < -0.4 is 5.06 Å². The highest BCUT2D eigenvalue weighted by Gasteiger charge is 2.37. The SMILES string of the molecule is C=C(C)ON1C(=O)C(=O)c2ccccc21. The van der Waals surface area contributed by atoms with Crippen LogP contribution in [0.3, 0.4) is 0 Å². The molecule has 2 rings (SSSR count). The summed E-state index contributed by atoms with van der Waals surface area (Å²) < 4.78 is 0. The first-order valence-electron chi connectivity index (χ1n) is 4.42. The molecule has 1 amide bonds. The van der Waals surface area contributed by atoms with Crippen molar-refractivity contribution in [3.05, 3.63) is 42.2 Å². The van der Waals surface area contributed by atoms with Gasteiger partial charge >= 0.3 is 5.91 Å². The largest absolute Gasteiger partial charge is 0.377 e. The second-order valence-corrected chi connectivity index (χ2v) is 3.24. The van der Waals surface area contributed by atoms with E-state index < -0.39 is 11.7 Å². The summed E-state index contributed by atoms with van der Waals surface area (Å²) >= 11 is 0. The average molecular weight is 203 g/mol. The summed E-state index contributed by atoms with van der Waals surface area (Å²) in [7, 11) is 0. The van der Waals surface area contributed by atoms with E-state index in [-0.39, 0.29) is 0 Å². The van der Waals surface area contributed by atoms with Gasteiger partial charge in [-0.05, 0) is 19.1 Å². The molecule has 1 aromatic carbocycles. The first-order valence-corrected chi connectivity index (χ1v) is 4.42. The molecule has 0 fully saturated rings. The molecule has 4 heteroatoms. The van der Waals surface area contributed by atoms with Crippen molar-refractivity contribution in [2.45, 2.75) is 6.92 Å². The Hall–Kier alpha value is -2.10. The van der Waals surface area contributed by atoms with Gasteiger partial charge in [0, 0.05) is 0 Å². The number of allylic oxidation sites excluding steroid dienone is 1. The van der Waals surface area contributed by atoms with Crippen molar-refractivity contribution in [1.82, 2.24) is 0 Å². The van der Waals surface area contributed by atoms with Crippen molar-refractivity contribution in [1.29, 1.82) is 0 Å². The molecule has 15 heavy (non-hydrogen) atoms. The zero-order chi connectivity index (χ0) is 11.0. The quantitative estimate of drug-likeness (QED) is 0.542. The lowest BCUT2D eigenvalue weighted by atomic mass is 10.1. The molecule has 1 aliphatic heterocycles. The van der Waals surface area contributed by atoms with Crippen molar-refractivity contribution in [3.8, 4) is 0 Å². The van der Waals surface area contributed by atoms with E-state index >= 15 is 0 Å². The van der Waals surface area contributed by atoms with Gasteiger partial charge in [-0.1, -0.05) is 18.7 Å².